The van der Waals surface area contributed by atoms with Crippen LogP contribution in [0.3, 0.4) is 0 Å². The fourth-order valence-electron chi connectivity index (χ4n) is 1.71. The number of carbonyl (C=O) groups excluding carboxylic acids is 2. The number of ether oxygens (including phenoxy) is 1. The first-order chi connectivity index (χ1) is 11.6. The van der Waals surface area contributed by atoms with Gasteiger partial charge in [0, 0.05) is 0 Å². The van der Waals surface area contributed by atoms with Crippen LogP contribution in [0, 0.1) is 0 Å². The van der Waals surface area contributed by atoms with Gasteiger partial charge in [0.1, 0.15) is 11.5 Å². The highest BCUT2D eigenvalue weighted by Gasteiger charge is 2.11. The SMILES string of the molecule is O=C(COc1ccccc1)NC(=S)NNC(=O)c1ccccc1O. The zero-order valence-electron chi connectivity index (χ0n) is 12.5. The van der Waals surface area contributed by atoms with Crippen molar-refractivity contribution in [2.24, 2.45) is 0 Å². The summed E-state index contributed by atoms with van der Waals surface area (Å²) in [5.41, 5.74) is 4.72. The van der Waals surface area contributed by atoms with Gasteiger partial charge in [-0.3, -0.25) is 25.8 Å². The van der Waals surface area contributed by atoms with Crippen LogP contribution < -0.4 is 20.9 Å². The van der Waals surface area contributed by atoms with Crippen molar-refractivity contribution in [1.82, 2.24) is 16.2 Å². The number of hydrogen-bond donors (Lipinski definition) is 4. The molecule has 0 aromatic heterocycles. The zero-order valence-corrected chi connectivity index (χ0v) is 13.3. The van der Waals surface area contributed by atoms with Crippen molar-refractivity contribution in [2.45, 2.75) is 0 Å². The van der Waals surface area contributed by atoms with E-state index in [0.717, 1.165) is 0 Å². The van der Waals surface area contributed by atoms with Crippen molar-refractivity contribution in [3.8, 4) is 11.5 Å². The molecule has 0 saturated carbocycles. The number of carbonyl (C=O) groups is 2. The second kappa shape index (κ2) is 8.49. The molecule has 0 bridgehead atoms. The number of thiocarbonyl (C=S) groups is 1. The lowest BCUT2D eigenvalue weighted by molar-refractivity contribution is -0.121. The number of hydrazine groups is 1. The monoisotopic (exact) mass is 345 g/mol. The quantitative estimate of drug-likeness (QED) is 0.489. The normalized spacial score (nSPS) is 9.67. The molecule has 2 aromatic rings. The van der Waals surface area contributed by atoms with Crippen molar-refractivity contribution >= 4 is 29.1 Å². The third-order valence-corrected chi connectivity index (χ3v) is 3.01. The van der Waals surface area contributed by atoms with Crippen LogP contribution in [-0.2, 0) is 4.79 Å². The average molecular weight is 345 g/mol. The molecule has 2 aromatic carbocycles. The molecule has 0 fully saturated rings. The minimum Gasteiger partial charge on any atom is -0.507 e. The van der Waals surface area contributed by atoms with Crippen molar-refractivity contribution in [1.29, 1.82) is 0 Å². The van der Waals surface area contributed by atoms with E-state index in [1.165, 1.54) is 12.1 Å². The van der Waals surface area contributed by atoms with Crippen molar-refractivity contribution in [3.63, 3.8) is 0 Å². The largest absolute Gasteiger partial charge is 0.507 e. The molecule has 0 unspecified atom stereocenters. The lowest BCUT2D eigenvalue weighted by atomic mass is 10.2. The molecule has 24 heavy (non-hydrogen) atoms. The Morgan fingerprint density at radius 3 is 2.38 bits per heavy atom. The molecule has 124 valence electrons. The molecule has 0 heterocycles. The van der Waals surface area contributed by atoms with E-state index >= 15 is 0 Å². The molecule has 8 heteroatoms. The minimum absolute atomic E-state index is 0.0755. The third kappa shape index (κ3) is 5.25. The summed E-state index contributed by atoms with van der Waals surface area (Å²) in [6.07, 6.45) is 0. The van der Waals surface area contributed by atoms with Crippen LogP contribution in [0.2, 0.25) is 0 Å². The summed E-state index contributed by atoms with van der Waals surface area (Å²) in [7, 11) is 0. The number of aromatic hydroxyl groups is 1. The van der Waals surface area contributed by atoms with E-state index in [1.807, 2.05) is 6.07 Å². The summed E-state index contributed by atoms with van der Waals surface area (Å²) in [6.45, 7) is -0.223. The predicted octanol–water partition coefficient (Wildman–Crippen LogP) is 1.11. The molecule has 2 rings (SSSR count). The Morgan fingerprint density at radius 2 is 1.67 bits per heavy atom. The summed E-state index contributed by atoms with van der Waals surface area (Å²) in [5, 5.41) is 11.8. The summed E-state index contributed by atoms with van der Waals surface area (Å²) < 4.78 is 5.26. The van der Waals surface area contributed by atoms with Crippen molar-refractivity contribution in [2.75, 3.05) is 6.61 Å². The van der Waals surface area contributed by atoms with Crippen molar-refractivity contribution < 1.29 is 19.4 Å². The smallest absolute Gasteiger partial charge is 0.273 e. The summed E-state index contributed by atoms with van der Waals surface area (Å²) in [5.74, 6) is -0.680. The van der Waals surface area contributed by atoms with E-state index in [2.05, 4.69) is 16.2 Å². The second-order valence-electron chi connectivity index (χ2n) is 4.58. The molecule has 0 atom stereocenters. The molecule has 0 saturated heterocycles. The Labute approximate surface area is 143 Å². The van der Waals surface area contributed by atoms with Gasteiger partial charge in [0.05, 0.1) is 5.56 Å². The molecule has 0 radical (unpaired) electrons. The van der Waals surface area contributed by atoms with Gasteiger partial charge in [0.15, 0.2) is 11.7 Å². The molecule has 0 aliphatic rings. The zero-order chi connectivity index (χ0) is 17.4. The molecule has 0 spiro atoms. The number of amides is 2. The standard InChI is InChI=1S/C16H15N3O4S/c20-13-9-5-4-8-12(13)15(22)18-19-16(24)17-14(21)10-23-11-6-2-1-3-7-11/h1-9,20H,10H2,(H,18,22)(H2,17,19,21,24). The summed E-state index contributed by atoms with van der Waals surface area (Å²) in [6, 6.07) is 14.9. The number of benzene rings is 2. The van der Waals surface area contributed by atoms with Gasteiger partial charge in [-0.1, -0.05) is 30.3 Å². The van der Waals surface area contributed by atoms with E-state index in [1.54, 1.807) is 36.4 Å². The maximum absolute atomic E-state index is 11.8. The maximum Gasteiger partial charge on any atom is 0.273 e. The van der Waals surface area contributed by atoms with Gasteiger partial charge in [-0.25, -0.2) is 0 Å². The van der Waals surface area contributed by atoms with Gasteiger partial charge in [0.25, 0.3) is 11.8 Å². The number of nitrogens with one attached hydrogen (secondary N) is 3. The van der Waals surface area contributed by atoms with Gasteiger partial charge in [-0.15, -0.1) is 0 Å². The fraction of sp³-hybridized carbons (Fsp3) is 0.0625. The van der Waals surface area contributed by atoms with Gasteiger partial charge in [-0.2, -0.15) is 0 Å². The first-order valence-corrected chi connectivity index (χ1v) is 7.33. The lowest BCUT2D eigenvalue weighted by Crippen LogP contribution is -2.49. The molecule has 2 amide bonds. The Morgan fingerprint density at radius 1 is 1.00 bits per heavy atom. The number of phenols is 1. The van der Waals surface area contributed by atoms with Crippen LogP contribution in [0.25, 0.3) is 0 Å². The van der Waals surface area contributed by atoms with Crippen LogP contribution >= 0.6 is 12.2 Å². The molecule has 4 N–H and O–H groups in total. The second-order valence-corrected chi connectivity index (χ2v) is 4.98. The first kappa shape index (κ1) is 17.2. The Bertz CT molecular complexity index is 737. The first-order valence-electron chi connectivity index (χ1n) is 6.92. The average Bonchev–Trinajstić information content (AvgIpc) is 2.59. The van der Waals surface area contributed by atoms with Crippen LogP contribution in [0.1, 0.15) is 10.4 Å². The maximum atomic E-state index is 11.8. The highest BCUT2D eigenvalue weighted by atomic mass is 32.1. The van der Waals surface area contributed by atoms with Gasteiger partial charge >= 0.3 is 0 Å². The Balaban J connectivity index is 1.74. The number of rotatable bonds is 4. The fourth-order valence-corrected chi connectivity index (χ4v) is 1.87. The number of phenolic OH excluding ortho intramolecular Hbond substituents is 1. The highest BCUT2D eigenvalue weighted by Crippen LogP contribution is 2.14. The van der Waals surface area contributed by atoms with E-state index in [9.17, 15) is 14.7 Å². The van der Waals surface area contributed by atoms with E-state index in [4.69, 9.17) is 17.0 Å². The highest BCUT2D eigenvalue weighted by molar-refractivity contribution is 7.80. The third-order valence-electron chi connectivity index (χ3n) is 2.80. The van der Waals surface area contributed by atoms with Crippen LogP contribution in [0.15, 0.2) is 54.6 Å². The van der Waals surface area contributed by atoms with Gasteiger partial charge in [-0.05, 0) is 36.5 Å². The van der Waals surface area contributed by atoms with E-state index in [-0.39, 0.29) is 23.0 Å². The Hall–Kier alpha value is -3.13. The predicted molar refractivity (Wildman–Crippen MR) is 91.4 cm³/mol. The number of hydrogen-bond acceptors (Lipinski definition) is 5. The van der Waals surface area contributed by atoms with E-state index < -0.39 is 11.8 Å². The lowest BCUT2D eigenvalue weighted by Gasteiger charge is -2.11. The Kier molecular flexibility index (Phi) is 6.09. The van der Waals surface area contributed by atoms with E-state index in [0.29, 0.717) is 5.75 Å². The van der Waals surface area contributed by atoms with Crippen molar-refractivity contribution in [3.05, 3.63) is 60.2 Å². The topological polar surface area (TPSA) is 99.7 Å². The van der Waals surface area contributed by atoms with Gasteiger partial charge < -0.3 is 9.84 Å². The van der Waals surface area contributed by atoms with Crippen LogP contribution in [0.5, 0.6) is 11.5 Å². The van der Waals surface area contributed by atoms with Crippen LogP contribution in [0.4, 0.5) is 0 Å². The van der Waals surface area contributed by atoms with Gasteiger partial charge in [0.2, 0.25) is 0 Å². The summed E-state index contributed by atoms with van der Waals surface area (Å²) >= 11 is 4.89. The summed E-state index contributed by atoms with van der Waals surface area (Å²) in [4.78, 5) is 23.5. The molecule has 0 aliphatic carbocycles. The molecular weight excluding hydrogens is 330 g/mol. The molecule has 0 aliphatic heterocycles. The van der Waals surface area contributed by atoms with Crippen LogP contribution in [-0.4, -0.2) is 28.6 Å². The minimum atomic E-state index is -0.592. The molecular formula is C16H15N3O4S. The number of para-hydroxylation sites is 2. The molecule has 7 nitrogen and oxygen atoms in total.